The van der Waals surface area contributed by atoms with Gasteiger partial charge in [0.1, 0.15) is 6.23 Å². The molecule has 0 aromatic heterocycles. The molecule has 1 unspecified atom stereocenters. The third-order valence-corrected chi connectivity index (χ3v) is 4.11. The number of anilines is 2. The lowest BCUT2D eigenvalue weighted by Crippen LogP contribution is -2.36. The molecule has 3 heteroatoms. The molecule has 0 saturated carbocycles. The molecular weight excluding hydrogens is 314 g/mol. The number of hydrogen-bond acceptors (Lipinski definition) is 2. The molecule has 1 saturated heterocycles. The van der Waals surface area contributed by atoms with Crippen LogP contribution in [0.2, 0.25) is 0 Å². The van der Waals surface area contributed by atoms with Gasteiger partial charge in [0.05, 0.1) is 0 Å². The Morgan fingerprint density at radius 1 is 0.900 bits per heavy atom. The highest BCUT2D eigenvalue weighted by Crippen LogP contribution is 2.32. The quantitative estimate of drug-likeness (QED) is 0.774. The van der Waals surface area contributed by atoms with Gasteiger partial charge < -0.3 is 9.64 Å². The first kappa shape index (κ1) is 13.7. The second-order valence-electron chi connectivity index (χ2n) is 5.00. The largest absolute Gasteiger partial charge is 0.358 e. The number of hydrogen-bond donors (Lipinski definition) is 0. The van der Waals surface area contributed by atoms with E-state index in [9.17, 15) is 0 Å². The third-order valence-electron chi connectivity index (χ3n) is 3.58. The molecule has 1 aliphatic rings. The standard InChI is InChI=1S/C17H18BrNO/c18-14-9-11-16(12-10-14)19(15-6-2-1-3-7-15)17-8-4-5-13-20-17/h1-3,6-7,9-12,17H,4-5,8,13H2. The second kappa shape index (κ2) is 6.42. The number of halogens is 1. The molecule has 1 atom stereocenters. The molecule has 3 rings (SSSR count). The van der Waals surface area contributed by atoms with Gasteiger partial charge in [-0.3, -0.25) is 0 Å². The van der Waals surface area contributed by atoms with Crippen LogP contribution in [0.15, 0.2) is 59.1 Å². The van der Waals surface area contributed by atoms with Crippen LogP contribution in [-0.2, 0) is 4.74 Å². The predicted octanol–water partition coefficient (Wildman–Crippen LogP) is 5.11. The summed E-state index contributed by atoms with van der Waals surface area (Å²) in [5.41, 5.74) is 2.35. The summed E-state index contributed by atoms with van der Waals surface area (Å²) < 4.78 is 7.09. The van der Waals surface area contributed by atoms with Crippen molar-refractivity contribution in [3.05, 3.63) is 59.1 Å². The number of nitrogens with zero attached hydrogens (tertiary/aromatic N) is 1. The fourth-order valence-corrected chi connectivity index (χ4v) is 2.86. The first-order valence-electron chi connectivity index (χ1n) is 7.06. The van der Waals surface area contributed by atoms with Gasteiger partial charge in [-0.25, -0.2) is 0 Å². The number of ether oxygens (including phenoxy) is 1. The Hall–Kier alpha value is -1.32. The Labute approximate surface area is 128 Å². The minimum atomic E-state index is 0.132. The van der Waals surface area contributed by atoms with Gasteiger partial charge in [0.2, 0.25) is 0 Å². The summed E-state index contributed by atoms with van der Waals surface area (Å²) in [7, 11) is 0. The van der Waals surface area contributed by atoms with Gasteiger partial charge >= 0.3 is 0 Å². The lowest BCUT2D eigenvalue weighted by Gasteiger charge is -2.36. The highest BCUT2D eigenvalue weighted by atomic mass is 79.9. The second-order valence-corrected chi connectivity index (χ2v) is 5.92. The van der Waals surface area contributed by atoms with Crippen LogP contribution >= 0.6 is 15.9 Å². The van der Waals surface area contributed by atoms with Crippen molar-refractivity contribution in [2.45, 2.75) is 25.5 Å². The fourth-order valence-electron chi connectivity index (χ4n) is 2.60. The van der Waals surface area contributed by atoms with E-state index in [1.165, 1.54) is 24.2 Å². The highest BCUT2D eigenvalue weighted by molar-refractivity contribution is 9.10. The summed E-state index contributed by atoms with van der Waals surface area (Å²) in [6.45, 7) is 0.852. The molecule has 1 heterocycles. The van der Waals surface area contributed by atoms with Crippen LogP contribution in [0.25, 0.3) is 0 Å². The van der Waals surface area contributed by atoms with Crippen molar-refractivity contribution < 1.29 is 4.74 Å². The van der Waals surface area contributed by atoms with Crippen LogP contribution in [0.3, 0.4) is 0 Å². The molecule has 1 fully saturated rings. The van der Waals surface area contributed by atoms with E-state index in [0.29, 0.717) is 0 Å². The van der Waals surface area contributed by atoms with Crippen LogP contribution in [0.5, 0.6) is 0 Å². The molecule has 0 amide bonds. The first-order valence-corrected chi connectivity index (χ1v) is 7.85. The summed E-state index contributed by atoms with van der Waals surface area (Å²) in [6, 6.07) is 18.9. The third kappa shape index (κ3) is 3.05. The van der Waals surface area contributed by atoms with Crippen molar-refractivity contribution in [1.82, 2.24) is 0 Å². The van der Waals surface area contributed by atoms with Crippen molar-refractivity contribution in [3.8, 4) is 0 Å². The minimum Gasteiger partial charge on any atom is -0.358 e. The van der Waals surface area contributed by atoms with E-state index in [4.69, 9.17) is 4.74 Å². The molecule has 0 N–H and O–H groups in total. The van der Waals surface area contributed by atoms with E-state index < -0.39 is 0 Å². The first-order chi connectivity index (χ1) is 9.84. The van der Waals surface area contributed by atoms with Crippen molar-refractivity contribution in [2.75, 3.05) is 11.5 Å². The smallest absolute Gasteiger partial charge is 0.134 e. The molecule has 2 nitrogen and oxygen atoms in total. The molecular formula is C17H18BrNO. The van der Waals surface area contributed by atoms with Gasteiger partial charge in [0, 0.05) is 22.5 Å². The minimum absolute atomic E-state index is 0.132. The van der Waals surface area contributed by atoms with E-state index in [1.54, 1.807) is 0 Å². The molecule has 0 aliphatic carbocycles. The summed E-state index contributed by atoms with van der Waals surface area (Å²) >= 11 is 3.50. The average molecular weight is 332 g/mol. The SMILES string of the molecule is Brc1ccc(N(c2ccccc2)C2CCCCO2)cc1. The lowest BCUT2D eigenvalue weighted by atomic mass is 10.1. The zero-order valence-electron chi connectivity index (χ0n) is 11.3. The summed E-state index contributed by atoms with van der Waals surface area (Å²) in [4.78, 5) is 2.30. The maximum Gasteiger partial charge on any atom is 0.134 e. The molecule has 1 aliphatic heterocycles. The van der Waals surface area contributed by atoms with Gasteiger partial charge in [0.15, 0.2) is 0 Å². The van der Waals surface area contributed by atoms with Gasteiger partial charge in [0.25, 0.3) is 0 Å². The summed E-state index contributed by atoms with van der Waals surface area (Å²) in [6.07, 6.45) is 3.60. The highest BCUT2D eigenvalue weighted by Gasteiger charge is 2.23. The molecule has 2 aromatic rings. The zero-order valence-corrected chi connectivity index (χ0v) is 12.9. The lowest BCUT2D eigenvalue weighted by molar-refractivity contribution is 0.0208. The Morgan fingerprint density at radius 2 is 1.60 bits per heavy atom. The van der Waals surface area contributed by atoms with E-state index in [-0.39, 0.29) is 6.23 Å². The Balaban J connectivity index is 1.96. The molecule has 104 valence electrons. The molecule has 0 spiro atoms. The number of benzene rings is 2. The monoisotopic (exact) mass is 331 g/mol. The normalized spacial score (nSPS) is 18.8. The van der Waals surface area contributed by atoms with E-state index >= 15 is 0 Å². The Kier molecular flexibility index (Phi) is 4.38. The van der Waals surface area contributed by atoms with Gasteiger partial charge in [-0.2, -0.15) is 0 Å². The Bertz CT molecular complexity index is 535. The zero-order chi connectivity index (χ0) is 13.8. The van der Waals surface area contributed by atoms with Crippen molar-refractivity contribution in [2.24, 2.45) is 0 Å². The number of rotatable bonds is 3. The summed E-state index contributed by atoms with van der Waals surface area (Å²) in [5, 5.41) is 0. The predicted molar refractivity (Wildman–Crippen MR) is 86.3 cm³/mol. The molecule has 0 radical (unpaired) electrons. The molecule has 2 aromatic carbocycles. The fraction of sp³-hybridized carbons (Fsp3) is 0.294. The Morgan fingerprint density at radius 3 is 2.25 bits per heavy atom. The van der Waals surface area contributed by atoms with Crippen molar-refractivity contribution >= 4 is 27.3 Å². The van der Waals surface area contributed by atoms with E-state index in [0.717, 1.165) is 17.5 Å². The molecule has 0 bridgehead atoms. The van der Waals surface area contributed by atoms with Gasteiger partial charge in [-0.15, -0.1) is 0 Å². The average Bonchev–Trinajstić information content (AvgIpc) is 2.52. The van der Waals surface area contributed by atoms with Gasteiger partial charge in [-0.05, 0) is 55.7 Å². The number of para-hydroxylation sites is 1. The van der Waals surface area contributed by atoms with Crippen molar-refractivity contribution in [1.29, 1.82) is 0 Å². The van der Waals surface area contributed by atoms with Crippen LogP contribution in [0.1, 0.15) is 19.3 Å². The topological polar surface area (TPSA) is 12.5 Å². The van der Waals surface area contributed by atoms with Crippen LogP contribution in [-0.4, -0.2) is 12.8 Å². The van der Waals surface area contributed by atoms with Crippen LogP contribution < -0.4 is 4.90 Å². The van der Waals surface area contributed by atoms with E-state index in [1.807, 2.05) is 6.07 Å². The van der Waals surface area contributed by atoms with Crippen LogP contribution in [0, 0.1) is 0 Å². The van der Waals surface area contributed by atoms with Crippen molar-refractivity contribution in [3.63, 3.8) is 0 Å². The van der Waals surface area contributed by atoms with Gasteiger partial charge in [-0.1, -0.05) is 34.1 Å². The maximum absolute atomic E-state index is 5.99. The van der Waals surface area contributed by atoms with Crippen LogP contribution in [0.4, 0.5) is 11.4 Å². The van der Waals surface area contributed by atoms with E-state index in [2.05, 4.69) is 69.4 Å². The maximum atomic E-state index is 5.99. The molecule has 20 heavy (non-hydrogen) atoms. The summed E-state index contributed by atoms with van der Waals surface area (Å²) in [5.74, 6) is 0.